The van der Waals surface area contributed by atoms with Gasteiger partial charge < -0.3 is 14.5 Å². The smallest absolute Gasteiger partial charge is 0.258 e. The molecule has 164 valence electrons. The predicted molar refractivity (Wildman–Crippen MR) is 125 cm³/mol. The van der Waals surface area contributed by atoms with Gasteiger partial charge in [0.1, 0.15) is 5.82 Å². The van der Waals surface area contributed by atoms with Crippen LogP contribution in [0.15, 0.2) is 59.7 Å². The van der Waals surface area contributed by atoms with Gasteiger partial charge in [0.2, 0.25) is 0 Å². The zero-order valence-electron chi connectivity index (χ0n) is 19.0. The number of benzene rings is 2. The zero-order valence-corrected chi connectivity index (χ0v) is 19.0. The molecule has 0 fully saturated rings. The van der Waals surface area contributed by atoms with Crippen molar-refractivity contribution in [1.82, 2.24) is 19.7 Å². The normalized spacial score (nSPS) is 9.87. The van der Waals surface area contributed by atoms with E-state index in [1.165, 1.54) is 7.11 Å². The van der Waals surface area contributed by atoms with Gasteiger partial charge in [-0.3, -0.25) is 4.79 Å². The van der Waals surface area contributed by atoms with Crippen LogP contribution in [-0.4, -0.2) is 34.0 Å². The highest BCUT2D eigenvalue weighted by atomic mass is 16.5. The average Bonchev–Trinajstić information content (AvgIpc) is 3.36. The number of nitrogens with zero attached hydrogens (tertiary/aromatic N) is 3. The van der Waals surface area contributed by atoms with Gasteiger partial charge in [-0.1, -0.05) is 39.8 Å². The lowest BCUT2D eigenvalue weighted by Gasteiger charge is -2.10. The Hall–Kier alpha value is -3.61. The monoisotopic (exact) mass is 422 g/mol. The molecule has 0 spiro atoms. The van der Waals surface area contributed by atoms with Gasteiger partial charge >= 0.3 is 0 Å². The van der Waals surface area contributed by atoms with Crippen molar-refractivity contribution < 1.29 is 9.47 Å². The van der Waals surface area contributed by atoms with Crippen molar-refractivity contribution in [3.63, 3.8) is 0 Å². The summed E-state index contributed by atoms with van der Waals surface area (Å²) in [6, 6.07) is 13.2. The van der Waals surface area contributed by atoms with Crippen LogP contribution in [0.2, 0.25) is 0 Å². The van der Waals surface area contributed by atoms with Gasteiger partial charge in [-0.25, -0.2) is 9.67 Å². The molecule has 4 aromatic rings. The standard InChI is InChI=1S/C20H18N4O3.2C2H6/c1-26-17-11-15-16(12-18(17)27-2)22-19(23-20(15)25)10-13-5-3-6-14(9-13)24-8-4-7-21-24;2*1-2/h3-9,11-12H,10H2,1-2H3,(H,22,23,25);2*1-2H3. The number of ether oxygens (including phenoxy) is 2. The molecular weight excluding hydrogens is 392 g/mol. The highest BCUT2D eigenvalue weighted by Gasteiger charge is 2.11. The zero-order chi connectivity index (χ0) is 22.8. The molecule has 0 atom stereocenters. The molecule has 0 unspecified atom stereocenters. The van der Waals surface area contributed by atoms with Gasteiger partial charge in [0.15, 0.2) is 11.5 Å². The Morgan fingerprint density at radius 3 is 2.32 bits per heavy atom. The second-order valence-corrected chi connectivity index (χ2v) is 6.03. The molecule has 2 aromatic heterocycles. The minimum atomic E-state index is -0.209. The number of hydrogen-bond donors (Lipinski definition) is 1. The van der Waals surface area contributed by atoms with Crippen LogP contribution < -0.4 is 15.0 Å². The first kappa shape index (κ1) is 23.7. The number of nitrogens with one attached hydrogen (secondary N) is 1. The first-order chi connectivity index (χ1) is 15.2. The molecule has 7 nitrogen and oxygen atoms in total. The van der Waals surface area contributed by atoms with Crippen molar-refractivity contribution in [2.45, 2.75) is 34.1 Å². The van der Waals surface area contributed by atoms with Crippen molar-refractivity contribution in [3.8, 4) is 17.2 Å². The summed E-state index contributed by atoms with van der Waals surface area (Å²) >= 11 is 0. The molecule has 0 saturated heterocycles. The van der Waals surface area contributed by atoms with Crippen LogP contribution in [0.25, 0.3) is 16.6 Å². The Bertz CT molecular complexity index is 1150. The third-order valence-corrected chi connectivity index (χ3v) is 4.31. The number of rotatable bonds is 5. The van der Waals surface area contributed by atoms with Crippen molar-refractivity contribution in [2.75, 3.05) is 14.2 Å². The van der Waals surface area contributed by atoms with Crippen LogP contribution in [0.4, 0.5) is 0 Å². The molecule has 0 aliphatic carbocycles. The molecule has 2 aromatic carbocycles. The summed E-state index contributed by atoms with van der Waals surface area (Å²) < 4.78 is 12.4. The molecule has 4 rings (SSSR count). The number of hydrogen-bond acceptors (Lipinski definition) is 5. The summed E-state index contributed by atoms with van der Waals surface area (Å²) in [5, 5.41) is 4.70. The van der Waals surface area contributed by atoms with E-state index in [0.717, 1.165) is 11.3 Å². The summed E-state index contributed by atoms with van der Waals surface area (Å²) in [5.74, 6) is 1.61. The lowest BCUT2D eigenvalue weighted by Crippen LogP contribution is -2.12. The van der Waals surface area contributed by atoms with E-state index in [2.05, 4.69) is 15.1 Å². The largest absolute Gasteiger partial charge is 0.493 e. The number of aromatic nitrogens is 4. The molecule has 0 aliphatic heterocycles. The van der Waals surface area contributed by atoms with Gasteiger partial charge in [0.25, 0.3) is 5.56 Å². The lowest BCUT2D eigenvalue weighted by molar-refractivity contribution is 0.355. The van der Waals surface area contributed by atoms with E-state index in [1.54, 1.807) is 30.1 Å². The Kier molecular flexibility index (Phi) is 8.81. The third-order valence-electron chi connectivity index (χ3n) is 4.31. The number of H-pyrrole nitrogens is 1. The molecule has 2 heterocycles. The summed E-state index contributed by atoms with van der Waals surface area (Å²) in [4.78, 5) is 20.0. The third kappa shape index (κ3) is 5.51. The Labute approximate surface area is 182 Å². The first-order valence-corrected chi connectivity index (χ1v) is 10.4. The number of methoxy groups -OCH3 is 2. The SMILES string of the molecule is CC.CC.COc1cc2nc(Cc3cccc(-n4cccn4)c3)[nH]c(=O)c2cc1OC. The van der Waals surface area contributed by atoms with Gasteiger partial charge in [0.05, 0.1) is 30.8 Å². The predicted octanol–water partition coefficient (Wildman–Crippen LogP) is 4.77. The topological polar surface area (TPSA) is 82.0 Å². The Balaban J connectivity index is 0.000000807. The van der Waals surface area contributed by atoms with Crippen molar-refractivity contribution in [2.24, 2.45) is 0 Å². The van der Waals surface area contributed by atoms with E-state index >= 15 is 0 Å². The number of fused-ring (bicyclic) bond motifs is 1. The average molecular weight is 423 g/mol. The van der Waals surface area contributed by atoms with Crippen LogP contribution in [0.1, 0.15) is 39.1 Å². The molecule has 0 amide bonds. The maximum atomic E-state index is 12.5. The van der Waals surface area contributed by atoms with Gasteiger partial charge in [0, 0.05) is 24.9 Å². The minimum absolute atomic E-state index is 0.209. The summed E-state index contributed by atoms with van der Waals surface area (Å²) in [6.07, 6.45) is 4.11. The van der Waals surface area contributed by atoms with E-state index in [-0.39, 0.29) is 5.56 Å². The van der Waals surface area contributed by atoms with E-state index in [9.17, 15) is 4.79 Å². The Morgan fingerprint density at radius 1 is 0.968 bits per heavy atom. The fraction of sp³-hybridized carbons (Fsp3) is 0.292. The van der Waals surface area contributed by atoms with E-state index in [1.807, 2.05) is 64.2 Å². The van der Waals surface area contributed by atoms with Crippen molar-refractivity contribution in [1.29, 1.82) is 0 Å². The molecule has 0 aliphatic rings. The second-order valence-electron chi connectivity index (χ2n) is 6.03. The summed E-state index contributed by atoms with van der Waals surface area (Å²) in [6.45, 7) is 8.00. The number of aromatic amines is 1. The lowest BCUT2D eigenvalue weighted by atomic mass is 10.1. The van der Waals surface area contributed by atoms with Crippen molar-refractivity contribution in [3.05, 3.63) is 76.6 Å². The quantitative estimate of drug-likeness (QED) is 0.501. The van der Waals surface area contributed by atoms with Crippen molar-refractivity contribution >= 4 is 10.9 Å². The van der Waals surface area contributed by atoms with Crippen LogP contribution in [0.3, 0.4) is 0 Å². The second kappa shape index (κ2) is 11.5. The highest BCUT2D eigenvalue weighted by molar-refractivity contribution is 5.81. The molecule has 0 bridgehead atoms. The summed E-state index contributed by atoms with van der Waals surface area (Å²) in [5.41, 5.74) is 2.33. The highest BCUT2D eigenvalue weighted by Crippen LogP contribution is 2.30. The summed E-state index contributed by atoms with van der Waals surface area (Å²) in [7, 11) is 3.09. The van der Waals surface area contributed by atoms with Crippen LogP contribution >= 0.6 is 0 Å². The van der Waals surface area contributed by atoms with Crippen LogP contribution in [0, 0.1) is 0 Å². The first-order valence-electron chi connectivity index (χ1n) is 10.4. The van der Waals surface area contributed by atoms with Crippen LogP contribution in [0.5, 0.6) is 11.5 Å². The van der Waals surface area contributed by atoms with E-state index in [4.69, 9.17) is 9.47 Å². The fourth-order valence-electron chi connectivity index (χ4n) is 3.02. The molecule has 31 heavy (non-hydrogen) atoms. The fourth-order valence-corrected chi connectivity index (χ4v) is 3.02. The molecule has 0 saturated carbocycles. The van der Waals surface area contributed by atoms with Gasteiger partial charge in [-0.15, -0.1) is 0 Å². The van der Waals surface area contributed by atoms with Gasteiger partial charge in [-0.05, 0) is 29.8 Å². The minimum Gasteiger partial charge on any atom is -0.493 e. The maximum Gasteiger partial charge on any atom is 0.258 e. The van der Waals surface area contributed by atoms with Crippen LogP contribution in [-0.2, 0) is 6.42 Å². The molecule has 1 N–H and O–H groups in total. The maximum absolute atomic E-state index is 12.5. The Morgan fingerprint density at radius 2 is 1.68 bits per heavy atom. The molecular formula is C24H30N4O3. The molecule has 0 radical (unpaired) electrons. The van der Waals surface area contributed by atoms with E-state index < -0.39 is 0 Å². The van der Waals surface area contributed by atoms with E-state index in [0.29, 0.717) is 34.6 Å². The van der Waals surface area contributed by atoms with Gasteiger partial charge in [-0.2, -0.15) is 5.10 Å². The molecule has 7 heteroatoms.